The molecule has 4 aliphatic rings. The number of ketones is 1. The van der Waals surface area contributed by atoms with E-state index in [0.29, 0.717) is 23.7 Å². The number of hydrogen-bond acceptors (Lipinski definition) is 3. The quantitative estimate of drug-likeness (QED) is 0.339. The van der Waals surface area contributed by atoms with Crippen molar-refractivity contribution in [1.82, 2.24) is 0 Å². The van der Waals surface area contributed by atoms with Crippen LogP contribution >= 0.6 is 0 Å². The Morgan fingerprint density at radius 2 is 1.39 bits per heavy atom. The van der Waals surface area contributed by atoms with Gasteiger partial charge >= 0.3 is 0 Å². The molecular weight excluding hydrogens is 477 g/mol. The lowest BCUT2D eigenvalue weighted by Crippen LogP contribution is -2.56. The molecule has 0 bridgehead atoms. The first-order chi connectivity index (χ1) is 16.2. The Hall–Kier alpha value is -0.236. The van der Waals surface area contributed by atoms with Crippen molar-refractivity contribution in [3.05, 3.63) is 11.6 Å². The first kappa shape index (κ1) is 28.8. The Labute approximate surface area is 224 Å². The Bertz CT molecular complexity index is 908. The van der Waals surface area contributed by atoms with Crippen LogP contribution in [0.4, 0.5) is 0 Å². The molecule has 4 aliphatic carbocycles. The summed E-state index contributed by atoms with van der Waals surface area (Å²) in [6.07, 6.45) is 10.6. The molecule has 3 nitrogen and oxygen atoms in total. The fraction of sp³-hybridized carbons (Fsp3) is 0.903. The van der Waals surface area contributed by atoms with E-state index in [2.05, 4.69) is 87.7 Å². The highest BCUT2D eigenvalue weighted by Gasteiger charge is 2.62. The summed E-state index contributed by atoms with van der Waals surface area (Å²) in [6.45, 7) is 28.5. The van der Waals surface area contributed by atoms with E-state index in [0.717, 1.165) is 25.7 Å². The number of allylic oxidation sites excluding steroid dienone is 1. The predicted molar refractivity (Wildman–Crippen MR) is 156 cm³/mol. The first-order valence-corrected chi connectivity index (χ1v) is 20.7. The van der Waals surface area contributed by atoms with E-state index in [4.69, 9.17) is 8.85 Å². The van der Waals surface area contributed by atoms with Crippen LogP contribution in [0.2, 0.25) is 36.3 Å². The van der Waals surface area contributed by atoms with E-state index in [1.54, 1.807) is 0 Å². The van der Waals surface area contributed by atoms with Gasteiger partial charge in [0.15, 0.2) is 22.4 Å². The van der Waals surface area contributed by atoms with Crippen LogP contribution in [0.5, 0.6) is 0 Å². The second-order valence-corrected chi connectivity index (χ2v) is 26.0. The van der Waals surface area contributed by atoms with Gasteiger partial charge in [-0.1, -0.05) is 61.0 Å². The molecule has 0 radical (unpaired) electrons. The molecule has 0 N–H and O–H groups in total. The van der Waals surface area contributed by atoms with Crippen LogP contribution in [-0.4, -0.2) is 34.6 Å². The SMILES string of the molecule is CC(C)(C)[Si](C)(C)OC1CC[C@@]2(C)C(=CC(=O)[C@@H]3[C@H]2CC[C@]2(C)C(O[Si](C)(C)C(C)(C)C)CC[C@@H]32)C1. The van der Waals surface area contributed by atoms with E-state index in [-0.39, 0.29) is 32.9 Å². The summed E-state index contributed by atoms with van der Waals surface area (Å²) in [7, 11) is -3.66. The van der Waals surface area contributed by atoms with Gasteiger partial charge in [-0.3, -0.25) is 4.79 Å². The lowest BCUT2D eigenvalue weighted by molar-refractivity contribution is -0.135. The lowest BCUT2D eigenvalue weighted by atomic mass is 9.47. The molecule has 0 heterocycles. The predicted octanol–water partition coefficient (Wildman–Crippen LogP) is 8.91. The molecule has 7 atom stereocenters. The summed E-state index contributed by atoms with van der Waals surface area (Å²) in [5.41, 5.74) is 1.70. The number of fused-ring (bicyclic) bond motifs is 5. The molecular formula is C31H56O3Si2. The Balaban J connectivity index is 1.56. The third-order valence-corrected chi connectivity index (χ3v) is 21.3. The van der Waals surface area contributed by atoms with Gasteiger partial charge in [0.05, 0.1) is 6.10 Å². The maximum Gasteiger partial charge on any atom is 0.192 e. The average Bonchev–Trinajstić information content (AvgIpc) is 3.03. The van der Waals surface area contributed by atoms with Gasteiger partial charge in [-0.15, -0.1) is 0 Å². The molecule has 2 unspecified atom stereocenters. The summed E-state index contributed by atoms with van der Waals surface area (Å²) in [6, 6.07) is 0. The highest BCUT2D eigenvalue weighted by Crippen LogP contribution is 2.65. The second kappa shape index (κ2) is 8.89. The first-order valence-electron chi connectivity index (χ1n) is 14.8. The van der Waals surface area contributed by atoms with Gasteiger partial charge in [0.25, 0.3) is 0 Å². The molecule has 36 heavy (non-hydrogen) atoms. The number of rotatable bonds is 4. The van der Waals surface area contributed by atoms with Crippen molar-refractivity contribution in [3.8, 4) is 0 Å². The van der Waals surface area contributed by atoms with Crippen molar-refractivity contribution < 1.29 is 13.6 Å². The fourth-order valence-corrected chi connectivity index (χ4v) is 10.6. The highest BCUT2D eigenvalue weighted by atomic mass is 28.4. The molecule has 3 fully saturated rings. The number of hydrogen-bond donors (Lipinski definition) is 0. The van der Waals surface area contributed by atoms with Gasteiger partial charge in [0.1, 0.15) is 0 Å². The molecule has 0 spiro atoms. The van der Waals surface area contributed by atoms with Crippen molar-refractivity contribution in [3.63, 3.8) is 0 Å². The van der Waals surface area contributed by atoms with Crippen LogP contribution in [0.25, 0.3) is 0 Å². The van der Waals surface area contributed by atoms with Gasteiger partial charge in [-0.25, -0.2) is 0 Å². The summed E-state index contributed by atoms with van der Waals surface area (Å²) < 4.78 is 13.9. The maximum absolute atomic E-state index is 13.9. The van der Waals surface area contributed by atoms with Gasteiger partial charge in [0.2, 0.25) is 0 Å². The monoisotopic (exact) mass is 532 g/mol. The third-order valence-electron chi connectivity index (χ3n) is 12.3. The minimum Gasteiger partial charge on any atom is -0.414 e. The standard InChI is InChI=1S/C31H56O3Si2/c1-28(2,3)35(9,10)33-22-15-17-30(7)21(19-22)20-25(32)27-23-13-14-26(31(23,8)18-16-24(27)30)34-36(11,12)29(4,5)6/h20,22-24,26-27H,13-19H2,1-12H3/t22?,23-,24+,26?,27-,30-,31-/m0/s1. The summed E-state index contributed by atoms with van der Waals surface area (Å²) in [5.74, 6) is 1.56. The van der Waals surface area contributed by atoms with Crippen LogP contribution in [0, 0.1) is 28.6 Å². The van der Waals surface area contributed by atoms with E-state index < -0.39 is 16.6 Å². The molecule has 0 amide bonds. The van der Waals surface area contributed by atoms with Crippen LogP contribution < -0.4 is 0 Å². The molecule has 5 heteroatoms. The van der Waals surface area contributed by atoms with E-state index in [1.807, 2.05) is 0 Å². The topological polar surface area (TPSA) is 35.5 Å². The third kappa shape index (κ3) is 4.60. The summed E-state index contributed by atoms with van der Waals surface area (Å²) in [5, 5.41) is 0.435. The summed E-state index contributed by atoms with van der Waals surface area (Å²) in [4.78, 5) is 13.9. The van der Waals surface area contributed by atoms with Crippen molar-refractivity contribution in [2.45, 2.75) is 149 Å². The van der Waals surface area contributed by atoms with Crippen LogP contribution in [0.3, 0.4) is 0 Å². The molecule has 0 aromatic heterocycles. The zero-order valence-electron chi connectivity index (χ0n) is 25.6. The Kier molecular flexibility index (Phi) is 7.10. The lowest BCUT2D eigenvalue weighted by Gasteiger charge is -2.58. The molecule has 0 aromatic rings. The zero-order valence-corrected chi connectivity index (χ0v) is 27.6. The normalized spacial score (nSPS) is 39.8. The zero-order chi connectivity index (χ0) is 27.1. The van der Waals surface area contributed by atoms with Crippen LogP contribution in [0.1, 0.15) is 100 Å². The van der Waals surface area contributed by atoms with Crippen molar-refractivity contribution >= 4 is 22.4 Å². The van der Waals surface area contributed by atoms with Crippen molar-refractivity contribution in [1.29, 1.82) is 0 Å². The van der Waals surface area contributed by atoms with Gasteiger partial charge in [0, 0.05) is 12.0 Å². The number of carbonyl (C=O) groups is 1. The molecule has 206 valence electrons. The smallest absolute Gasteiger partial charge is 0.192 e. The van der Waals surface area contributed by atoms with Gasteiger partial charge < -0.3 is 8.85 Å². The van der Waals surface area contributed by atoms with Crippen molar-refractivity contribution in [2.75, 3.05) is 0 Å². The Morgan fingerprint density at radius 1 is 0.806 bits per heavy atom. The van der Waals surface area contributed by atoms with E-state index in [9.17, 15) is 4.79 Å². The Morgan fingerprint density at radius 3 is 1.97 bits per heavy atom. The van der Waals surface area contributed by atoms with Crippen LogP contribution in [0.15, 0.2) is 11.6 Å². The molecule has 0 aromatic carbocycles. The van der Waals surface area contributed by atoms with Gasteiger partial charge in [-0.2, -0.15) is 0 Å². The largest absolute Gasteiger partial charge is 0.414 e. The highest BCUT2D eigenvalue weighted by molar-refractivity contribution is 6.74. The van der Waals surface area contributed by atoms with E-state index >= 15 is 0 Å². The van der Waals surface area contributed by atoms with Crippen LogP contribution in [-0.2, 0) is 13.6 Å². The molecule has 3 saturated carbocycles. The van der Waals surface area contributed by atoms with E-state index in [1.165, 1.54) is 24.8 Å². The minimum atomic E-state index is -1.85. The molecule has 0 saturated heterocycles. The maximum atomic E-state index is 13.9. The summed E-state index contributed by atoms with van der Waals surface area (Å²) >= 11 is 0. The fourth-order valence-electron chi connectivity index (χ4n) is 7.74. The minimum absolute atomic E-state index is 0.136. The van der Waals surface area contributed by atoms with Gasteiger partial charge in [-0.05, 0) is 110 Å². The number of carbonyl (C=O) groups excluding carboxylic acids is 1. The molecule has 0 aliphatic heterocycles. The van der Waals surface area contributed by atoms with Crippen molar-refractivity contribution in [2.24, 2.45) is 28.6 Å². The second-order valence-electron chi connectivity index (χ2n) is 16.5. The average molecular weight is 533 g/mol. The molecule has 4 rings (SSSR count).